The molecule has 0 saturated carbocycles. The van der Waals surface area contributed by atoms with Crippen LogP contribution in [0.25, 0.3) is 0 Å². The number of benzene rings is 1. The van der Waals surface area contributed by atoms with E-state index in [1.54, 1.807) is 0 Å². The average molecular weight is 230 g/mol. The van der Waals surface area contributed by atoms with Gasteiger partial charge in [0.15, 0.2) is 0 Å². The second kappa shape index (κ2) is 5.20. The van der Waals surface area contributed by atoms with Crippen LogP contribution in [0.4, 0.5) is 0 Å². The zero-order chi connectivity index (χ0) is 12.3. The van der Waals surface area contributed by atoms with Crippen LogP contribution in [0.2, 0.25) is 0 Å². The van der Waals surface area contributed by atoms with E-state index in [1.165, 1.54) is 18.4 Å². The molecule has 1 aromatic carbocycles. The van der Waals surface area contributed by atoms with Crippen LogP contribution in [-0.2, 0) is 6.42 Å². The van der Waals surface area contributed by atoms with Crippen molar-refractivity contribution in [2.75, 3.05) is 13.1 Å². The van der Waals surface area contributed by atoms with Gasteiger partial charge >= 0.3 is 0 Å². The Morgan fingerprint density at radius 3 is 2.76 bits per heavy atom. The summed E-state index contributed by atoms with van der Waals surface area (Å²) in [6.07, 6.45) is 3.40. The van der Waals surface area contributed by atoms with Crippen molar-refractivity contribution in [1.29, 1.82) is 5.26 Å². The molecule has 1 aromatic rings. The third kappa shape index (κ3) is 2.78. The maximum absolute atomic E-state index is 9.70. The number of aryl methyl sites for hydroxylation is 1. The highest BCUT2D eigenvalue weighted by atomic mass is 16.3. The second-order valence-electron chi connectivity index (χ2n) is 4.82. The van der Waals surface area contributed by atoms with Crippen molar-refractivity contribution < 1.29 is 5.11 Å². The highest BCUT2D eigenvalue weighted by Gasteiger charge is 2.15. The van der Waals surface area contributed by atoms with Gasteiger partial charge < -0.3 is 10.4 Å². The molecule has 1 aliphatic rings. The van der Waals surface area contributed by atoms with E-state index in [1.807, 2.05) is 19.1 Å². The molecule has 0 bridgehead atoms. The number of phenolic OH excluding ortho intramolecular Hbond substituents is 1. The van der Waals surface area contributed by atoms with E-state index in [9.17, 15) is 5.11 Å². The monoisotopic (exact) mass is 230 g/mol. The first kappa shape index (κ1) is 11.9. The summed E-state index contributed by atoms with van der Waals surface area (Å²) in [4.78, 5) is 0. The van der Waals surface area contributed by atoms with Crippen molar-refractivity contribution in [2.24, 2.45) is 5.92 Å². The molecule has 0 spiro atoms. The third-order valence-corrected chi connectivity index (χ3v) is 3.46. The largest absolute Gasteiger partial charge is 0.506 e. The summed E-state index contributed by atoms with van der Waals surface area (Å²) in [5.74, 6) is 0.827. The summed E-state index contributed by atoms with van der Waals surface area (Å²) >= 11 is 0. The molecular formula is C14H18N2O. The highest BCUT2D eigenvalue weighted by Crippen LogP contribution is 2.26. The molecule has 0 amide bonds. The molecule has 1 heterocycles. The molecule has 1 fully saturated rings. The molecule has 0 unspecified atom stereocenters. The topological polar surface area (TPSA) is 56.0 Å². The molecule has 90 valence electrons. The molecule has 0 radical (unpaired) electrons. The normalized spacial score (nSPS) is 16.7. The molecule has 1 aliphatic heterocycles. The van der Waals surface area contributed by atoms with Crippen LogP contribution in [0.3, 0.4) is 0 Å². The quantitative estimate of drug-likeness (QED) is 0.818. The van der Waals surface area contributed by atoms with Gasteiger partial charge in [-0.25, -0.2) is 0 Å². The van der Waals surface area contributed by atoms with Crippen molar-refractivity contribution >= 4 is 0 Å². The number of hydrogen-bond acceptors (Lipinski definition) is 3. The lowest BCUT2D eigenvalue weighted by molar-refractivity contribution is 0.372. The average Bonchev–Trinajstić information content (AvgIpc) is 2.35. The number of rotatable bonds is 2. The summed E-state index contributed by atoms with van der Waals surface area (Å²) in [5.41, 5.74) is 2.37. The van der Waals surface area contributed by atoms with Gasteiger partial charge in [-0.2, -0.15) is 5.26 Å². The van der Waals surface area contributed by atoms with Gasteiger partial charge in [0, 0.05) is 0 Å². The molecule has 0 aromatic heterocycles. The SMILES string of the molecule is Cc1cc(CC2CCNCC2)cc(C#N)c1O. The van der Waals surface area contributed by atoms with Gasteiger partial charge in [0.25, 0.3) is 0 Å². The van der Waals surface area contributed by atoms with Gasteiger partial charge in [-0.05, 0) is 62.4 Å². The maximum Gasteiger partial charge on any atom is 0.136 e. The first-order valence-corrected chi connectivity index (χ1v) is 6.14. The lowest BCUT2D eigenvalue weighted by atomic mass is 9.89. The number of nitrogens with one attached hydrogen (secondary N) is 1. The summed E-state index contributed by atoms with van der Waals surface area (Å²) in [5, 5.41) is 22.0. The first-order valence-electron chi connectivity index (χ1n) is 6.14. The Bertz CT molecular complexity index is 442. The summed E-state index contributed by atoms with van der Waals surface area (Å²) in [6, 6.07) is 5.87. The van der Waals surface area contributed by atoms with E-state index >= 15 is 0 Å². The molecule has 0 atom stereocenters. The van der Waals surface area contributed by atoms with E-state index in [4.69, 9.17) is 5.26 Å². The van der Waals surface area contributed by atoms with E-state index < -0.39 is 0 Å². The van der Waals surface area contributed by atoms with Crippen molar-refractivity contribution in [1.82, 2.24) is 5.32 Å². The van der Waals surface area contributed by atoms with Crippen LogP contribution in [0, 0.1) is 24.2 Å². The zero-order valence-electron chi connectivity index (χ0n) is 10.2. The smallest absolute Gasteiger partial charge is 0.136 e. The summed E-state index contributed by atoms with van der Waals surface area (Å²) in [6.45, 7) is 4.03. The third-order valence-electron chi connectivity index (χ3n) is 3.46. The number of piperidine rings is 1. The van der Waals surface area contributed by atoms with Gasteiger partial charge in [-0.1, -0.05) is 6.07 Å². The van der Waals surface area contributed by atoms with Crippen LogP contribution in [0.5, 0.6) is 5.75 Å². The number of nitriles is 1. The lowest BCUT2D eigenvalue weighted by Gasteiger charge is -2.22. The predicted octanol–water partition coefficient (Wildman–Crippen LogP) is 2.11. The lowest BCUT2D eigenvalue weighted by Crippen LogP contribution is -2.28. The van der Waals surface area contributed by atoms with E-state index in [-0.39, 0.29) is 5.75 Å². The molecule has 0 aliphatic carbocycles. The minimum absolute atomic E-state index is 0.126. The molecule has 3 heteroatoms. The van der Waals surface area contributed by atoms with Gasteiger partial charge in [0.2, 0.25) is 0 Å². The van der Waals surface area contributed by atoms with Crippen molar-refractivity contribution in [3.8, 4) is 11.8 Å². The molecule has 17 heavy (non-hydrogen) atoms. The Morgan fingerprint density at radius 1 is 1.41 bits per heavy atom. The fourth-order valence-corrected chi connectivity index (χ4v) is 2.48. The Balaban J connectivity index is 2.16. The van der Waals surface area contributed by atoms with Crippen LogP contribution >= 0.6 is 0 Å². The predicted molar refractivity (Wildman–Crippen MR) is 66.9 cm³/mol. The molecule has 1 saturated heterocycles. The van der Waals surface area contributed by atoms with Gasteiger partial charge in [-0.3, -0.25) is 0 Å². The molecular weight excluding hydrogens is 212 g/mol. The Kier molecular flexibility index (Phi) is 3.65. The fourth-order valence-electron chi connectivity index (χ4n) is 2.48. The number of nitrogens with zero attached hydrogens (tertiary/aromatic N) is 1. The molecule has 2 N–H and O–H groups in total. The van der Waals surface area contributed by atoms with E-state index in [2.05, 4.69) is 11.4 Å². The number of aromatic hydroxyl groups is 1. The van der Waals surface area contributed by atoms with Crippen molar-refractivity contribution in [3.63, 3.8) is 0 Å². The summed E-state index contributed by atoms with van der Waals surface area (Å²) < 4.78 is 0. The van der Waals surface area contributed by atoms with Crippen LogP contribution in [-0.4, -0.2) is 18.2 Å². The Morgan fingerprint density at radius 2 is 2.12 bits per heavy atom. The minimum atomic E-state index is 0.126. The van der Waals surface area contributed by atoms with Crippen molar-refractivity contribution in [3.05, 3.63) is 28.8 Å². The molecule has 3 nitrogen and oxygen atoms in total. The minimum Gasteiger partial charge on any atom is -0.506 e. The fraction of sp³-hybridized carbons (Fsp3) is 0.500. The van der Waals surface area contributed by atoms with Gasteiger partial charge in [0.05, 0.1) is 5.56 Å². The zero-order valence-corrected chi connectivity index (χ0v) is 10.2. The standard InChI is InChI=1S/C14H18N2O/c1-10-6-12(8-13(9-15)14(10)17)7-11-2-4-16-5-3-11/h6,8,11,16-17H,2-5,7H2,1H3. The van der Waals surface area contributed by atoms with E-state index in [0.717, 1.165) is 25.1 Å². The number of hydrogen-bond donors (Lipinski definition) is 2. The van der Waals surface area contributed by atoms with Gasteiger partial charge in [-0.15, -0.1) is 0 Å². The second-order valence-corrected chi connectivity index (χ2v) is 4.82. The molecule has 2 rings (SSSR count). The van der Waals surface area contributed by atoms with Crippen LogP contribution < -0.4 is 5.32 Å². The Labute approximate surface area is 102 Å². The number of phenols is 1. The Hall–Kier alpha value is -1.53. The maximum atomic E-state index is 9.70. The highest BCUT2D eigenvalue weighted by molar-refractivity contribution is 5.49. The first-order chi connectivity index (χ1) is 8.20. The van der Waals surface area contributed by atoms with Crippen LogP contribution in [0.15, 0.2) is 12.1 Å². The summed E-state index contributed by atoms with van der Waals surface area (Å²) in [7, 11) is 0. The van der Waals surface area contributed by atoms with E-state index in [0.29, 0.717) is 11.5 Å². The van der Waals surface area contributed by atoms with Crippen LogP contribution in [0.1, 0.15) is 29.5 Å². The van der Waals surface area contributed by atoms with Crippen molar-refractivity contribution in [2.45, 2.75) is 26.2 Å². The van der Waals surface area contributed by atoms with Gasteiger partial charge in [0.1, 0.15) is 11.8 Å².